The number of fused-ring (bicyclic) bond motifs is 1. The number of β-lactam (4-membered cyclic amide) rings is 1. The van der Waals surface area contributed by atoms with Crippen LogP contribution in [0.2, 0.25) is 0 Å². The first-order valence-corrected chi connectivity index (χ1v) is 6.07. The Morgan fingerprint density at radius 2 is 2.47 bits per heavy atom. The lowest BCUT2D eigenvalue weighted by molar-refractivity contribution is -0.159. The number of halogens is 1. The molecule has 0 radical (unpaired) electrons. The van der Waals surface area contributed by atoms with Crippen LogP contribution in [-0.4, -0.2) is 45.9 Å². The van der Waals surface area contributed by atoms with E-state index < -0.39 is 10.8 Å². The topological polar surface area (TPSA) is 46.6 Å². The van der Waals surface area contributed by atoms with Gasteiger partial charge in [-0.05, 0) is 6.92 Å². The number of esters is 1. The Morgan fingerprint density at radius 3 is 2.93 bits per heavy atom. The number of hydrogen-bond donors (Lipinski definition) is 0. The highest BCUT2D eigenvalue weighted by Gasteiger charge is 2.60. The van der Waals surface area contributed by atoms with Gasteiger partial charge < -0.3 is 9.64 Å². The van der Waals surface area contributed by atoms with Crippen LogP contribution in [0.15, 0.2) is 0 Å². The fraction of sp³-hybridized carbons (Fsp3) is 0.778. The normalized spacial score (nSPS) is 38.6. The molecule has 0 aliphatic carbocycles. The number of rotatable bonds is 2. The summed E-state index contributed by atoms with van der Waals surface area (Å²) in [7, 11) is 1.33. The summed E-state index contributed by atoms with van der Waals surface area (Å²) in [5.41, 5.74) is 0. The molecular weight excluding hydrogens is 238 g/mol. The maximum atomic E-state index is 11.6. The highest BCUT2D eigenvalue weighted by atomic mass is 35.5. The van der Waals surface area contributed by atoms with Gasteiger partial charge in [-0.15, -0.1) is 23.4 Å². The fourth-order valence-electron chi connectivity index (χ4n) is 2.06. The Bertz CT molecular complexity index is 324. The van der Waals surface area contributed by atoms with E-state index in [1.54, 1.807) is 16.7 Å². The minimum absolute atomic E-state index is 0.0109. The van der Waals surface area contributed by atoms with Crippen LogP contribution in [0.3, 0.4) is 0 Å². The molecule has 1 amide bonds. The van der Waals surface area contributed by atoms with Crippen LogP contribution in [0.1, 0.15) is 13.3 Å². The van der Waals surface area contributed by atoms with Crippen molar-refractivity contribution in [1.82, 2.24) is 4.90 Å². The van der Waals surface area contributed by atoms with Crippen molar-refractivity contribution >= 4 is 35.2 Å². The smallest absolute Gasteiger partial charge is 0.330 e. The number of ether oxygens (including phenoxy) is 1. The summed E-state index contributed by atoms with van der Waals surface area (Å²) in [6.45, 7) is 1.90. The van der Waals surface area contributed by atoms with Crippen LogP contribution < -0.4 is 0 Å². The Labute approximate surface area is 97.3 Å². The number of nitrogens with zero attached hydrogens (tertiary/aromatic N) is 1. The zero-order valence-corrected chi connectivity index (χ0v) is 10.1. The van der Waals surface area contributed by atoms with Gasteiger partial charge in [0.15, 0.2) is 0 Å². The summed E-state index contributed by atoms with van der Waals surface area (Å²) in [4.78, 5) is 24.6. The van der Waals surface area contributed by atoms with Crippen LogP contribution in [0, 0.1) is 0 Å². The van der Waals surface area contributed by atoms with Gasteiger partial charge in [-0.25, -0.2) is 4.79 Å². The van der Waals surface area contributed by atoms with Crippen molar-refractivity contribution in [2.75, 3.05) is 13.0 Å². The Morgan fingerprint density at radius 1 is 1.80 bits per heavy atom. The van der Waals surface area contributed by atoms with Crippen LogP contribution in [0.4, 0.5) is 0 Å². The molecule has 2 fully saturated rings. The largest absolute Gasteiger partial charge is 0.467 e. The fourth-order valence-corrected chi connectivity index (χ4v) is 4.00. The molecule has 3 atom stereocenters. The third kappa shape index (κ3) is 1.44. The van der Waals surface area contributed by atoms with Gasteiger partial charge in [0.05, 0.1) is 23.7 Å². The van der Waals surface area contributed by atoms with E-state index in [0.717, 1.165) is 0 Å². The maximum absolute atomic E-state index is 11.6. The molecular formula is C9H12ClNO3S. The molecule has 2 aliphatic rings. The van der Waals surface area contributed by atoms with Gasteiger partial charge in [0.25, 0.3) is 0 Å². The van der Waals surface area contributed by atoms with Crippen molar-refractivity contribution in [2.24, 2.45) is 0 Å². The first kappa shape index (κ1) is 11.1. The molecule has 0 aromatic carbocycles. The molecule has 2 heterocycles. The standard InChI is InChI=1S/C9H12ClNO3S/c1-9(4-10)7(8(13)14-2)11-5(12)3-6(11)15-9/h6-7H,3-4H2,1-2H3/t6-,7-,9-/m1/s1. The first-order chi connectivity index (χ1) is 7.03. The van der Waals surface area contributed by atoms with Crippen LogP contribution >= 0.6 is 23.4 Å². The number of hydrogen-bond acceptors (Lipinski definition) is 4. The van der Waals surface area contributed by atoms with E-state index in [0.29, 0.717) is 12.3 Å². The average Bonchev–Trinajstić information content (AvgIpc) is 2.46. The second-order valence-electron chi connectivity index (χ2n) is 3.95. The Kier molecular flexibility index (Phi) is 2.63. The first-order valence-electron chi connectivity index (χ1n) is 4.66. The number of methoxy groups -OCH3 is 1. The molecule has 6 heteroatoms. The average molecular weight is 250 g/mol. The lowest BCUT2D eigenvalue weighted by Crippen LogP contribution is -2.58. The zero-order valence-electron chi connectivity index (χ0n) is 8.53. The maximum Gasteiger partial charge on any atom is 0.330 e. The van der Waals surface area contributed by atoms with Crippen molar-refractivity contribution in [2.45, 2.75) is 29.5 Å². The van der Waals surface area contributed by atoms with Gasteiger partial charge in [-0.3, -0.25) is 4.79 Å². The molecule has 0 saturated carbocycles. The SMILES string of the molecule is COC(=O)[C@H]1N2C(=O)C[C@H]2S[C@]1(C)CCl. The third-order valence-corrected chi connectivity index (χ3v) is 5.18. The van der Waals surface area contributed by atoms with Crippen molar-refractivity contribution < 1.29 is 14.3 Å². The van der Waals surface area contributed by atoms with Gasteiger partial charge in [-0.1, -0.05) is 0 Å². The van der Waals surface area contributed by atoms with Crippen molar-refractivity contribution in [3.05, 3.63) is 0 Å². The quantitative estimate of drug-likeness (QED) is 0.413. The summed E-state index contributed by atoms with van der Waals surface area (Å²) in [5, 5.41) is 0.102. The van der Waals surface area contributed by atoms with Gasteiger partial charge >= 0.3 is 5.97 Å². The van der Waals surface area contributed by atoms with Crippen LogP contribution in [0.5, 0.6) is 0 Å². The summed E-state index contributed by atoms with van der Waals surface area (Å²) >= 11 is 7.47. The molecule has 0 bridgehead atoms. The minimum Gasteiger partial charge on any atom is -0.467 e. The number of alkyl halides is 1. The summed E-state index contributed by atoms with van der Waals surface area (Å²) in [6, 6.07) is -0.531. The van der Waals surface area contributed by atoms with E-state index in [1.807, 2.05) is 6.92 Å². The molecule has 0 aromatic rings. The van der Waals surface area contributed by atoms with Crippen molar-refractivity contribution in [3.63, 3.8) is 0 Å². The lowest BCUT2D eigenvalue weighted by atomic mass is 9.98. The lowest BCUT2D eigenvalue weighted by Gasteiger charge is -2.37. The molecule has 0 unspecified atom stereocenters. The van der Waals surface area contributed by atoms with Crippen molar-refractivity contribution in [1.29, 1.82) is 0 Å². The van der Waals surface area contributed by atoms with E-state index in [-0.39, 0.29) is 17.3 Å². The van der Waals surface area contributed by atoms with E-state index in [9.17, 15) is 9.59 Å². The highest BCUT2D eigenvalue weighted by Crippen LogP contribution is 2.51. The number of amides is 1. The molecule has 0 aromatic heterocycles. The predicted molar refractivity (Wildman–Crippen MR) is 57.8 cm³/mol. The van der Waals surface area contributed by atoms with E-state index in [1.165, 1.54) is 7.11 Å². The third-order valence-electron chi connectivity index (χ3n) is 2.90. The van der Waals surface area contributed by atoms with E-state index >= 15 is 0 Å². The molecule has 2 saturated heterocycles. The number of thioether (sulfide) groups is 1. The monoisotopic (exact) mass is 249 g/mol. The second kappa shape index (κ2) is 3.56. The summed E-state index contributed by atoms with van der Waals surface area (Å²) in [5.74, 6) is -0.0320. The summed E-state index contributed by atoms with van der Waals surface area (Å²) < 4.78 is 4.30. The Balaban J connectivity index is 2.28. The molecule has 4 nitrogen and oxygen atoms in total. The van der Waals surface area contributed by atoms with E-state index in [4.69, 9.17) is 16.3 Å². The second-order valence-corrected chi connectivity index (χ2v) is 5.93. The van der Waals surface area contributed by atoms with Crippen molar-refractivity contribution in [3.8, 4) is 0 Å². The van der Waals surface area contributed by atoms with Gasteiger partial charge in [0.2, 0.25) is 5.91 Å². The molecule has 0 spiro atoms. The van der Waals surface area contributed by atoms with Gasteiger partial charge in [-0.2, -0.15) is 0 Å². The number of carbonyl (C=O) groups excluding carboxylic acids is 2. The Hall–Kier alpha value is -0.420. The van der Waals surface area contributed by atoms with Crippen LogP contribution in [-0.2, 0) is 14.3 Å². The minimum atomic E-state index is -0.531. The van der Waals surface area contributed by atoms with Crippen LogP contribution in [0.25, 0.3) is 0 Å². The van der Waals surface area contributed by atoms with E-state index in [2.05, 4.69) is 0 Å². The molecule has 2 rings (SSSR count). The molecule has 15 heavy (non-hydrogen) atoms. The molecule has 84 valence electrons. The molecule has 2 aliphatic heterocycles. The molecule has 0 N–H and O–H groups in total. The van der Waals surface area contributed by atoms with Gasteiger partial charge in [0.1, 0.15) is 6.04 Å². The highest BCUT2D eigenvalue weighted by molar-refractivity contribution is 8.01. The van der Waals surface area contributed by atoms with Gasteiger partial charge in [0, 0.05) is 5.88 Å². The zero-order chi connectivity index (χ0) is 11.2. The number of carbonyl (C=O) groups is 2. The predicted octanol–water partition coefficient (Wildman–Crippen LogP) is 0.831. The summed E-state index contributed by atoms with van der Waals surface area (Å²) in [6.07, 6.45) is 0.505.